The molecule has 0 aliphatic heterocycles. The Bertz CT molecular complexity index is 413. The lowest BCUT2D eigenvalue weighted by atomic mass is 9.95. The summed E-state index contributed by atoms with van der Waals surface area (Å²) < 4.78 is 13.5. The highest BCUT2D eigenvalue weighted by Gasteiger charge is 2.23. The van der Waals surface area contributed by atoms with Crippen LogP contribution in [0.4, 0.5) is 4.39 Å². The van der Waals surface area contributed by atoms with Gasteiger partial charge >= 0.3 is 0 Å². The van der Waals surface area contributed by atoms with Gasteiger partial charge in [-0.05, 0) is 61.3 Å². The Balaban J connectivity index is 2.67. The third kappa shape index (κ3) is 5.46. The van der Waals surface area contributed by atoms with Gasteiger partial charge in [-0.15, -0.1) is 0 Å². The molecule has 2 nitrogen and oxygen atoms in total. The minimum absolute atomic E-state index is 0.0344. The van der Waals surface area contributed by atoms with Crippen LogP contribution in [0.5, 0.6) is 0 Å². The smallest absolute Gasteiger partial charge is 0.137 e. The number of hydrogen-bond acceptors (Lipinski definition) is 2. The van der Waals surface area contributed by atoms with Crippen LogP contribution in [0.1, 0.15) is 33.3 Å². The second-order valence-corrected chi connectivity index (χ2v) is 6.88. The number of rotatable bonds is 4. The second kappa shape index (κ2) is 5.68. The van der Waals surface area contributed by atoms with Gasteiger partial charge in [0, 0.05) is 18.5 Å². The molecular weight excluding hydrogens is 297 g/mol. The van der Waals surface area contributed by atoms with Crippen LogP contribution in [0.2, 0.25) is 0 Å². The van der Waals surface area contributed by atoms with Crippen LogP contribution in [-0.2, 0) is 6.42 Å². The normalized spacial score (nSPS) is 15.5. The maximum atomic E-state index is 13.1. The zero-order valence-corrected chi connectivity index (χ0v) is 12.9. The third-order valence-electron chi connectivity index (χ3n) is 2.57. The fraction of sp³-hybridized carbons (Fsp3) is 0.571. The van der Waals surface area contributed by atoms with Gasteiger partial charge < -0.3 is 10.4 Å². The van der Waals surface area contributed by atoms with Gasteiger partial charge in [0.1, 0.15) is 5.82 Å². The first-order chi connectivity index (χ1) is 8.09. The molecule has 0 bridgehead atoms. The Morgan fingerprint density at radius 2 is 1.89 bits per heavy atom. The number of nitrogens with one attached hydrogen (secondary N) is 1. The minimum Gasteiger partial charge on any atom is -0.389 e. The van der Waals surface area contributed by atoms with Gasteiger partial charge in [-0.25, -0.2) is 4.39 Å². The zero-order valence-electron chi connectivity index (χ0n) is 11.3. The van der Waals surface area contributed by atoms with Crippen LogP contribution in [0.15, 0.2) is 22.7 Å². The average molecular weight is 318 g/mol. The molecule has 0 fully saturated rings. The molecule has 102 valence electrons. The van der Waals surface area contributed by atoms with Crippen molar-refractivity contribution in [1.29, 1.82) is 0 Å². The van der Waals surface area contributed by atoms with E-state index < -0.39 is 5.60 Å². The van der Waals surface area contributed by atoms with Crippen LogP contribution >= 0.6 is 15.9 Å². The third-order valence-corrected chi connectivity index (χ3v) is 3.18. The molecule has 1 unspecified atom stereocenters. The van der Waals surface area contributed by atoms with E-state index in [0.717, 1.165) is 5.56 Å². The van der Waals surface area contributed by atoms with Crippen LogP contribution in [0.3, 0.4) is 0 Å². The number of aliphatic hydroxyl groups is 1. The molecule has 2 N–H and O–H groups in total. The van der Waals surface area contributed by atoms with E-state index in [9.17, 15) is 9.50 Å². The summed E-state index contributed by atoms with van der Waals surface area (Å²) in [5.74, 6) is -0.286. The molecule has 1 rings (SSSR count). The molecule has 0 aliphatic rings. The molecule has 1 aromatic carbocycles. The Kier molecular flexibility index (Phi) is 4.92. The van der Waals surface area contributed by atoms with Crippen LogP contribution in [-0.4, -0.2) is 22.8 Å². The summed E-state index contributed by atoms with van der Waals surface area (Å²) in [6.45, 7) is 8.43. The summed E-state index contributed by atoms with van der Waals surface area (Å²) in [7, 11) is 0. The number of hydrogen-bond donors (Lipinski definition) is 2. The predicted octanol–water partition coefficient (Wildman–Crippen LogP) is 3.27. The fourth-order valence-corrected chi connectivity index (χ4v) is 2.03. The topological polar surface area (TPSA) is 32.3 Å². The molecule has 4 heteroatoms. The predicted molar refractivity (Wildman–Crippen MR) is 76.2 cm³/mol. The van der Waals surface area contributed by atoms with Crippen molar-refractivity contribution in [3.05, 3.63) is 34.1 Å². The van der Waals surface area contributed by atoms with E-state index in [0.29, 0.717) is 17.4 Å². The summed E-state index contributed by atoms with van der Waals surface area (Å²) in [5.41, 5.74) is 0.0155. The molecule has 18 heavy (non-hydrogen) atoms. The molecule has 0 amide bonds. The Hall–Kier alpha value is -0.450. The van der Waals surface area contributed by atoms with Crippen LogP contribution in [0, 0.1) is 5.82 Å². The second-order valence-electron chi connectivity index (χ2n) is 6.03. The van der Waals surface area contributed by atoms with Gasteiger partial charge in [0.05, 0.1) is 10.1 Å². The van der Waals surface area contributed by atoms with E-state index in [1.165, 1.54) is 6.07 Å². The first-order valence-electron chi connectivity index (χ1n) is 6.00. The highest BCUT2D eigenvalue weighted by molar-refractivity contribution is 9.10. The Morgan fingerprint density at radius 3 is 2.39 bits per heavy atom. The quantitative estimate of drug-likeness (QED) is 0.893. The first kappa shape index (κ1) is 15.6. The van der Waals surface area contributed by atoms with E-state index >= 15 is 0 Å². The Morgan fingerprint density at radius 1 is 1.28 bits per heavy atom. The molecule has 0 saturated carbocycles. The molecule has 0 spiro atoms. The lowest BCUT2D eigenvalue weighted by molar-refractivity contribution is 0.0534. The minimum atomic E-state index is -0.857. The van der Waals surface area contributed by atoms with Gasteiger partial charge in [0.2, 0.25) is 0 Å². The lowest BCUT2D eigenvalue weighted by Gasteiger charge is -2.29. The van der Waals surface area contributed by atoms with Crippen molar-refractivity contribution < 1.29 is 9.50 Å². The van der Waals surface area contributed by atoms with Crippen molar-refractivity contribution in [3.63, 3.8) is 0 Å². The van der Waals surface area contributed by atoms with Gasteiger partial charge in [0.15, 0.2) is 0 Å². The fourth-order valence-electron chi connectivity index (χ4n) is 1.61. The van der Waals surface area contributed by atoms with Gasteiger partial charge in [-0.1, -0.05) is 6.07 Å². The van der Waals surface area contributed by atoms with E-state index in [1.807, 2.05) is 0 Å². The van der Waals surface area contributed by atoms with Crippen molar-refractivity contribution in [2.45, 2.75) is 45.3 Å². The number of β-amino-alcohol motifs (C(OH)–C–C–N with tert-alkyl or cyclic N) is 1. The molecular formula is C14H21BrFNO. The van der Waals surface area contributed by atoms with Crippen molar-refractivity contribution >= 4 is 15.9 Å². The van der Waals surface area contributed by atoms with E-state index in [1.54, 1.807) is 19.1 Å². The monoisotopic (exact) mass is 317 g/mol. The van der Waals surface area contributed by atoms with E-state index in [2.05, 4.69) is 42.0 Å². The van der Waals surface area contributed by atoms with Gasteiger partial charge in [0.25, 0.3) is 0 Å². The van der Waals surface area contributed by atoms with Crippen molar-refractivity contribution in [2.75, 3.05) is 6.54 Å². The molecule has 1 aromatic rings. The molecule has 0 radical (unpaired) electrons. The molecule has 0 aromatic heterocycles. The Labute approximate surface area is 117 Å². The summed E-state index contributed by atoms with van der Waals surface area (Å²) in [4.78, 5) is 0. The zero-order chi connectivity index (χ0) is 14.0. The first-order valence-corrected chi connectivity index (χ1v) is 6.80. The number of halogens is 2. The van der Waals surface area contributed by atoms with Gasteiger partial charge in [-0.2, -0.15) is 0 Å². The SMILES string of the molecule is CC(O)(CNC(C)(C)C)Cc1ccc(F)c(Br)c1. The molecule has 0 aliphatic carbocycles. The van der Waals surface area contributed by atoms with Crippen LogP contribution < -0.4 is 5.32 Å². The lowest BCUT2D eigenvalue weighted by Crippen LogP contribution is -2.47. The summed E-state index contributed by atoms with van der Waals surface area (Å²) >= 11 is 3.15. The highest BCUT2D eigenvalue weighted by atomic mass is 79.9. The standard InChI is InChI=1S/C14H21BrFNO/c1-13(2,3)17-9-14(4,18)8-10-5-6-12(16)11(15)7-10/h5-7,17-18H,8-9H2,1-4H3. The van der Waals surface area contributed by atoms with E-state index in [-0.39, 0.29) is 11.4 Å². The number of benzene rings is 1. The maximum Gasteiger partial charge on any atom is 0.137 e. The highest BCUT2D eigenvalue weighted by Crippen LogP contribution is 2.20. The average Bonchev–Trinajstić information content (AvgIpc) is 2.20. The van der Waals surface area contributed by atoms with Gasteiger partial charge in [-0.3, -0.25) is 0 Å². The van der Waals surface area contributed by atoms with Crippen molar-refractivity contribution in [1.82, 2.24) is 5.32 Å². The van der Waals surface area contributed by atoms with Crippen LogP contribution in [0.25, 0.3) is 0 Å². The summed E-state index contributed by atoms with van der Waals surface area (Å²) in [6, 6.07) is 4.82. The molecule has 1 atom stereocenters. The molecule has 0 saturated heterocycles. The summed E-state index contributed by atoms with van der Waals surface area (Å²) in [6.07, 6.45) is 0.481. The summed E-state index contributed by atoms with van der Waals surface area (Å²) in [5, 5.41) is 13.6. The van der Waals surface area contributed by atoms with Crippen molar-refractivity contribution in [2.24, 2.45) is 0 Å². The maximum absolute atomic E-state index is 13.1. The molecule has 0 heterocycles. The van der Waals surface area contributed by atoms with Crippen molar-refractivity contribution in [3.8, 4) is 0 Å². The largest absolute Gasteiger partial charge is 0.389 e. The van der Waals surface area contributed by atoms with E-state index in [4.69, 9.17) is 0 Å².